The molecule has 1 aromatic carbocycles. The lowest BCUT2D eigenvalue weighted by Crippen LogP contribution is -2.44. The number of piperidine rings is 1. The Hall–Kier alpha value is -3.57. The van der Waals surface area contributed by atoms with E-state index in [0.29, 0.717) is 36.3 Å². The number of phenols is 1. The summed E-state index contributed by atoms with van der Waals surface area (Å²) in [6, 6.07) is 2.47. The number of phenolic OH excluding ortho intramolecular Hbond substituents is 1. The monoisotopic (exact) mass is 436 g/mol. The van der Waals surface area contributed by atoms with Gasteiger partial charge in [0.25, 0.3) is 0 Å². The lowest BCUT2D eigenvalue weighted by atomic mass is 10.1. The van der Waals surface area contributed by atoms with Gasteiger partial charge in [0, 0.05) is 24.7 Å². The fourth-order valence-corrected chi connectivity index (χ4v) is 3.72. The van der Waals surface area contributed by atoms with Gasteiger partial charge >= 0.3 is 12.3 Å². The first-order valence-corrected chi connectivity index (χ1v) is 9.51. The molecule has 31 heavy (non-hydrogen) atoms. The number of anilines is 1. The van der Waals surface area contributed by atoms with Crippen LogP contribution in [-0.2, 0) is 6.18 Å². The number of fused-ring (bicyclic) bond motifs is 1. The number of halogens is 3. The molecular weight excluding hydrogens is 417 g/mol. The predicted octanol–water partition coefficient (Wildman–Crippen LogP) is 3.38. The van der Waals surface area contributed by atoms with Gasteiger partial charge < -0.3 is 20.4 Å². The second-order valence-corrected chi connectivity index (χ2v) is 7.34. The Kier molecular flexibility index (Phi) is 5.07. The average Bonchev–Trinajstić information content (AvgIpc) is 3.10. The van der Waals surface area contributed by atoms with Crippen LogP contribution in [0.1, 0.15) is 24.2 Å². The molecule has 1 aliphatic rings. The van der Waals surface area contributed by atoms with Crippen molar-refractivity contribution in [1.29, 1.82) is 0 Å². The van der Waals surface area contributed by atoms with Crippen LogP contribution >= 0.6 is 0 Å². The number of amides is 1. The maximum absolute atomic E-state index is 12.9. The summed E-state index contributed by atoms with van der Waals surface area (Å²) in [5, 5.41) is 30.9. The maximum atomic E-state index is 12.9. The van der Waals surface area contributed by atoms with Crippen LogP contribution in [0.3, 0.4) is 0 Å². The highest BCUT2D eigenvalue weighted by Gasteiger charge is 2.31. The van der Waals surface area contributed by atoms with Crippen molar-refractivity contribution in [3.8, 4) is 17.0 Å². The molecule has 0 radical (unpaired) electrons. The Labute approximate surface area is 174 Å². The summed E-state index contributed by atoms with van der Waals surface area (Å²) in [4.78, 5) is 16.8. The number of aromatic nitrogens is 4. The third-order valence-corrected chi connectivity index (χ3v) is 5.24. The fourth-order valence-electron chi connectivity index (χ4n) is 3.72. The largest absolute Gasteiger partial charge is 0.507 e. The molecule has 12 heteroatoms. The second kappa shape index (κ2) is 7.60. The number of imidazole rings is 1. The highest BCUT2D eigenvalue weighted by molar-refractivity contribution is 5.81. The van der Waals surface area contributed by atoms with Gasteiger partial charge in [-0.25, -0.2) is 9.78 Å². The predicted molar refractivity (Wildman–Crippen MR) is 104 cm³/mol. The topological polar surface area (TPSA) is 116 Å². The molecule has 3 heterocycles. The van der Waals surface area contributed by atoms with E-state index in [-0.39, 0.29) is 23.8 Å². The van der Waals surface area contributed by atoms with E-state index in [1.807, 2.05) is 0 Å². The molecule has 4 rings (SSSR count). The van der Waals surface area contributed by atoms with Crippen molar-refractivity contribution >= 4 is 17.6 Å². The van der Waals surface area contributed by atoms with E-state index in [1.165, 1.54) is 11.1 Å². The Morgan fingerprint density at radius 3 is 2.74 bits per heavy atom. The first-order chi connectivity index (χ1) is 14.6. The van der Waals surface area contributed by atoms with Crippen LogP contribution < -0.4 is 5.32 Å². The fraction of sp³-hybridized carbons (Fsp3) is 0.368. The van der Waals surface area contributed by atoms with Crippen LogP contribution in [0.15, 0.2) is 24.4 Å². The molecule has 1 atom stereocenters. The van der Waals surface area contributed by atoms with Crippen molar-refractivity contribution in [1.82, 2.24) is 24.5 Å². The summed E-state index contributed by atoms with van der Waals surface area (Å²) in [5.41, 5.74) is -0.267. The molecule has 1 saturated heterocycles. The molecule has 0 saturated carbocycles. The van der Waals surface area contributed by atoms with Crippen molar-refractivity contribution < 1.29 is 28.2 Å². The molecule has 0 spiro atoms. The van der Waals surface area contributed by atoms with Crippen molar-refractivity contribution in [2.24, 2.45) is 0 Å². The number of benzene rings is 1. The van der Waals surface area contributed by atoms with Crippen LogP contribution in [0, 0.1) is 6.92 Å². The van der Waals surface area contributed by atoms with Gasteiger partial charge in [0.05, 0.1) is 17.3 Å². The van der Waals surface area contributed by atoms with Crippen molar-refractivity contribution in [3.05, 3.63) is 35.8 Å². The molecule has 0 aliphatic carbocycles. The Bertz CT molecular complexity index is 1150. The number of nitrogens with zero attached hydrogens (tertiary/aromatic N) is 5. The van der Waals surface area contributed by atoms with E-state index >= 15 is 0 Å². The zero-order chi connectivity index (χ0) is 22.3. The number of carboxylic acid groups (broad SMARTS) is 1. The van der Waals surface area contributed by atoms with Gasteiger partial charge in [0.1, 0.15) is 17.3 Å². The Morgan fingerprint density at radius 1 is 1.29 bits per heavy atom. The van der Waals surface area contributed by atoms with Crippen molar-refractivity contribution in [2.45, 2.75) is 32.0 Å². The van der Waals surface area contributed by atoms with Crippen molar-refractivity contribution in [2.75, 3.05) is 18.4 Å². The van der Waals surface area contributed by atoms with E-state index in [0.717, 1.165) is 18.6 Å². The lowest BCUT2D eigenvalue weighted by molar-refractivity contribution is -0.137. The smallest absolute Gasteiger partial charge is 0.416 e. The highest BCUT2D eigenvalue weighted by atomic mass is 19.4. The van der Waals surface area contributed by atoms with E-state index in [4.69, 9.17) is 0 Å². The minimum atomic E-state index is -4.58. The number of alkyl halides is 3. The SMILES string of the molecule is Cc1ncc2c(-c3ccc(C(F)(F)F)cc3O)nnc(N[C@@H]3CCCN(C(=O)O)C3)n12. The molecule has 164 valence electrons. The van der Waals surface area contributed by atoms with Gasteiger partial charge in [-0.05, 0) is 38.0 Å². The quantitative estimate of drug-likeness (QED) is 0.576. The number of aromatic hydroxyl groups is 1. The van der Waals surface area contributed by atoms with E-state index in [2.05, 4.69) is 20.5 Å². The second-order valence-electron chi connectivity index (χ2n) is 7.34. The number of rotatable bonds is 3. The zero-order valence-electron chi connectivity index (χ0n) is 16.4. The van der Waals surface area contributed by atoms with Gasteiger partial charge in [0.15, 0.2) is 0 Å². The first-order valence-electron chi connectivity index (χ1n) is 9.51. The number of hydrogen-bond donors (Lipinski definition) is 3. The van der Waals surface area contributed by atoms with E-state index in [9.17, 15) is 28.2 Å². The molecule has 9 nitrogen and oxygen atoms in total. The zero-order valence-corrected chi connectivity index (χ0v) is 16.4. The maximum Gasteiger partial charge on any atom is 0.416 e. The number of nitrogens with one attached hydrogen (secondary N) is 1. The molecule has 3 N–H and O–H groups in total. The molecule has 2 aromatic heterocycles. The summed E-state index contributed by atoms with van der Waals surface area (Å²) in [6.07, 6.45) is -2.65. The summed E-state index contributed by atoms with van der Waals surface area (Å²) in [5.74, 6) is 0.304. The van der Waals surface area contributed by atoms with Gasteiger partial charge in [-0.3, -0.25) is 4.40 Å². The van der Waals surface area contributed by atoms with E-state index < -0.39 is 23.6 Å². The van der Waals surface area contributed by atoms with Crippen LogP contribution in [0.25, 0.3) is 16.8 Å². The summed E-state index contributed by atoms with van der Waals surface area (Å²) in [7, 11) is 0. The molecule has 3 aromatic rings. The minimum Gasteiger partial charge on any atom is -0.507 e. The van der Waals surface area contributed by atoms with Crippen molar-refractivity contribution in [3.63, 3.8) is 0 Å². The van der Waals surface area contributed by atoms with Gasteiger partial charge in [-0.2, -0.15) is 13.2 Å². The third-order valence-electron chi connectivity index (χ3n) is 5.24. The third kappa shape index (κ3) is 3.92. The molecular formula is C19H19F3N6O3. The standard InChI is InChI=1S/C19H19F3N6O3/c1-10-23-8-14-16(13-5-4-11(7-15(13)29)19(20,21)22)25-26-17(28(10)14)24-12-3-2-6-27(9-12)18(30)31/h4-5,7-8,12,29H,2-3,6,9H2,1H3,(H,24,26)(H,30,31)/t12-/m1/s1. The highest BCUT2D eigenvalue weighted by Crippen LogP contribution is 2.37. The molecule has 1 amide bonds. The normalized spacial score (nSPS) is 17.2. The van der Waals surface area contributed by atoms with Crippen LogP contribution in [-0.4, -0.2) is 59.9 Å². The number of hydrogen-bond acceptors (Lipinski definition) is 6. The average molecular weight is 436 g/mol. The summed E-state index contributed by atoms with van der Waals surface area (Å²) < 4.78 is 40.4. The van der Waals surface area contributed by atoms with Gasteiger partial charge in [-0.1, -0.05) is 0 Å². The molecule has 1 fully saturated rings. The lowest BCUT2D eigenvalue weighted by Gasteiger charge is -2.31. The van der Waals surface area contributed by atoms with Crippen LogP contribution in [0.2, 0.25) is 0 Å². The number of likely N-dealkylation sites (tertiary alicyclic amines) is 1. The van der Waals surface area contributed by atoms with Crippen LogP contribution in [0.5, 0.6) is 5.75 Å². The van der Waals surface area contributed by atoms with E-state index in [1.54, 1.807) is 11.3 Å². The first kappa shape index (κ1) is 20.7. The summed E-state index contributed by atoms with van der Waals surface area (Å²) in [6.45, 7) is 2.47. The number of carbonyl (C=O) groups is 1. The molecule has 0 unspecified atom stereocenters. The molecule has 1 aliphatic heterocycles. The van der Waals surface area contributed by atoms with Crippen LogP contribution in [0.4, 0.5) is 23.9 Å². The molecule has 0 bridgehead atoms. The van der Waals surface area contributed by atoms with Gasteiger partial charge in [-0.15, -0.1) is 10.2 Å². The Morgan fingerprint density at radius 2 is 2.06 bits per heavy atom. The Balaban J connectivity index is 1.71. The summed E-state index contributed by atoms with van der Waals surface area (Å²) >= 11 is 0. The van der Waals surface area contributed by atoms with Gasteiger partial charge in [0.2, 0.25) is 5.95 Å². The minimum absolute atomic E-state index is 0.0895. The number of aryl methyl sites for hydroxylation is 1.